The zero-order valence-corrected chi connectivity index (χ0v) is 24.1. The zero-order valence-electron chi connectivity index (χ0n) is 24.1. The second-order valence-corrected chi connectivity index (χ2v) is 12.2. The van der Waals surface area contributed by atoms with Crippen LogP contribution in [0.1, 0.15) is 133 Å². The van der Waals surface area contributed by atoms with E-state index in [-0.39, 0.29) is 46.9 Å². The lowest BCUT2D eigenvalue weighted by Crippen LogP contribution is -2.30. The van der Waals surface area contributed by atoms with Crippen LogP contribution >= 0.6 is 0 Å². The fraction of sp³-hybridized carbons (Fsp3) is 0.667. The molecule has 0 N–H and O–H groups in total. The van der Waals surface area contributed by atoms with Gasteiger partial charge in [0.25, 0.3) is 0 Å². The number of carbonyl (C=O) groups excluding carboxylic acids is 3. The van der Waals surface area contributed by atoms with E-state index in [1.807, 2.05) is 0 Å². The predicted octanol–water partition coefficient (Wildman–Crippen LogP) is 8.54. The van der Waals surface area contributed by atoms with Crippen LogP contribution in [0.2, 0.25) is 0 Å². The van der Waals surface area contributed by atoms with Crippen LogP contribution in [-0.2, 0) is 21.4 Å². The third-order valence-corrected chi connectivity index (χ3v) is 8.34. The van der Waals surface area contributed by atoms with Crippen molar-refractivity contribution in [2.45, 2.75) is 125 Å². The molecule has 3 heteroatoms. The Morgan fingerprint density at radius 1 is 1.11 bits per heavy atom. The molecule has 2 rings (SSSR count). The van der Waals surface area contributed by atoms with Gasteiger partial charge in [0.15, 0.2) is 5.78 Å². The van der Waals surface area contributed by atoms with E-state index in [2.05, 4.69) is 60.3 Å². The summed E-state index contributed by atoms with van der Waals surface area (Å²) >= 11 is 0. The van der Waals surface area contributed by atoms with E-state index in [9.17, 15) is 14.4 Å². The van der Waals surface area contributed by atoms with E-state index in [1.165, 1.54) is 23.6 Å². The van der Waals surface area contributed by atoms with Gasteiger partial charge in [0, 0.05) is 17.9 Å². The largest absolute Gasteiger partial charge is 0.300 e. The molecule has 1 aromatic rings. The Morgan fingerprint density at radius 2 is 1.81 bits per heavy atom. The van der Waals surface area contributed by atoms with Gasteiger partial charge in [-0.2, -0.15) is 0 Å². The van der Waals surface area contributed by atoms with Crippen LogP contribution in [-0.4, -0.2) is 17.3 Å². The maximum Gasteiger partial charge on any atom is 0.163 e. The summed E-state index contributed by atoms with van der Waals surface area (Å²) in [4.78, 5) is 37.9. The predicted molar refractivity (Wildman–Crippen MR) is 151 cm³/mol. The Morgan fingerprint density at radius 3 is 2.39 bits per heavy atom. The van der Waals surface area contributed by atoms with Gasteiger partial charge in [-0.3, -0.25) is 14.4 Å². The van der Waals surface area contributed by atoms with Crippen LogP contribution in [0.25, 0.3) is 0 Å². The molecule has 1 aliphatic carbocycles. The van der Waals surface area contributed by atoms with E-state index in [1.54, 1.807) is 0 Å². The van der Waals surface area contributed by atoms with Crippen molar-refractivity contribution in [3.05, 3.63) is 46.5 Å². The standard InChI is InChI=1S/C33H50O3/c1-9-13-26(28(10-2)30(35)18-23(5)34)19-25-20-27-15-16-29(24(6)32(27)31(36)21-25)33(7,8)17-12-11-14-22(3)4/h15-16,25-26,28H,3,9-14,17-21H2,1-2,4-8H3. The fourth-order valence-corrected chi connectivity index (χ4v) is 6.58. The van der Waals surface area contributed by atoms with Crippen LogP contribution in [0.3, 0.4) is 0 Å². The highest BCUT2D eigenvalue weighted by Gasteiger charge is 2.34. The molecule has 0 fully saturated rings. The van der Waals surface area contributed by atoms with E-state index in [0.29, 0.717) is 6.42 Å². The molecule has 0 radical (unpaired) electrons. The van der Waals surface area contributed by atoms with Gasteiger partial charge >= 0.3 is 0 Å². The third kappa shape index (κ3) is 7.98. The molecular formula is C33H50O3. The smallest absolute Gasteiger partial charge is 0.163 e. The van der Waals surface area contributed by atoms with Crippen LogP contribution in [0.15, 0.2) is 24.3 Å². The molecule has 3 unspecified atom stereocenters. The number of ketones is 3. The summed E-state index contributed by atoms with van der Waals surface area (Å²) in [6.45, 7) is 18.6. The van der Waals surface area contributed by atoms with Crippen LogP contribution < -0.4 is 0 Å². The first-order valence-corrected chi connectivity index (χ1v) is 14.2. The van der Waals surface area contributed by atoms with Gasteiger partial charge in [-0.25, -0.2) is 0 Å². The minimum Gasteiger partial charge on any atom is -0.300 e. The van der Waals surface area contributed by atoms with E-state index in [0.717, 1.165) is 68.9 Å². The highest BCUT2D eigenvalue weighted by atomic mass is 16.1. The number of allylic oxidation sites excluding steroid dienone is 1. The molecule has 0 saturated carbocycles. The molecular weight excluding hydrogens is 444 g/mol. The Labute approximate surface area is 220 Å². The number of unbranched alkanes of at least 4 members (excludes halogenated alkanes) is 1. The average molecular weight is 495 g/mol. The van der Waals surface area contributed by atoms with Gasteiger partial charge < -0.3 is 0 Å². The van der Waals surface area contributed by atoms with Crippen LogP contribution in [0, 0.1) is 24.7 Å². The quantitative estimate of drug-likeness (QED) is 0.139. The summed E-state index contributed by atoms with van der Waals surface area (Å²) in [5.41, 5.74) is 5.86. The van der Waals surface area contributed by atoms with Gasteiger partial charge in [0.2, 0.25) is 0 Å². The van der Waals surface area contributed by atoms with Crippen molar-refractivity contribution in [3.63, 3.8) is 0 Å². The Hall–Kier alpha value is -2.03. The molecule has 200 valence electrons. The first kappa shape index (κ1) is 30.2. The second-order valence-electron chi connectivity index (χ2n) is 12.2. The number of rotatable bonds is 15. The Kier molecular flexibility index (Phi) is 11.3. The lowest BCUT2D eigenvalue weighted by Gasteiger charge is -2.34. The van der Waals surface area contributed by atoms with Crippen molar-refractivity contribution >= 4 is 17.3 Å². The molecule has 0 amide bonds. The first-order chi connectivity index (χ1) is 16.9. The van der Waals surface area contributed by atoms with Gasteiger partial charge in [-0.1, -0.05) is 64.7 Å². The SMILES string of the molecule is C=C(C)CCCCC(C)(C)c1ccc2c(c1C)C(=O)CC(CC(CCC)C(CC)C(=O)CC(C)=O)C2. The molecule has 3 atom stereocenters. The summed E-state index contributed by atoms with van der Waals surface area (Å²) in [5.74, 6) is 0.709. The van der Waals surface area contributed by atoms with E-state index in [4.69, 9.17) is 0 Å². The lowest BCUT2D eigenvalue weighted by atomic mass is 9.70. The van der Waals surface area contributed by atoms with Crippen molar-refractivity contribution in [2.24, 2.45) is 17.8 Å². The Balaban J connectivity index is 2.20. The van der Waals surface area contributed by atoms with Gasteiger partial charge in [0.1, 0.15) is 11.6 Å². The topological polar surface area (TPSA) is 51.2 Å². The van der Waals surface area contributed by atoms with Crippen molar-refractivity contribution in [2.75, 3.05) is 0 Å². The third-order valence-electron chi connectivity index (χ3n) is 8.34. The summed E-state index contributed by atoms with van der Waals surface area (Å²) in [6.07, 6.45) is 9.63. The van der Waals surface area contributed by atoms with Crippen molar-refractivity contribution in [1.29, 1.82) is 0 Å². The molecule has 0 aliphatic heterocycles. The average Bonchev–Trinajstić information content (AvgIpc) is 2.76. The summed E-state index contributed by atoms with van der Waals surface area (Å²) in [6, 6.07) is 4.46. The fourth-order valence-electron chi connectivity index (χ4n) is 6.58. The molecule has 0 saturated heterocycles. The number of hydrogen-bond donors (Lipinski definition) is 0. The lowest BCUT2D eigenvalue weighted by molar-refractivity contribution is -0.129. The maximum atomic E-state index is 13.5. The van der Waals surface area contributed by atoms with E-state index < -0.39 is 0 Å². The summed E-state index contributed by atoms with van der Waals surface area (Å²) in [7, 11) is 0. The Bertz CT molecular complexity index is 952. The molecule has 3 nitrogen and oxygen atoms in total. The van der Waals surface area contributed by atoms with Crippen molar-refractivity contribution < 1.29 is 14.4 Å². The molecule has 1 aliphatic rings. The summed E-state index contributed by atoms with van der Waals surface area (Å²) in [5, 5.41) is 0. The number of Topliss-reactive ketones (excluding diaryl/α,β-unsaturated/α-hetero) is 3. The van der Waals surface area contributed by atoms with Gasteiger partial charge in [-0.05, 0) is 93.2 Å². The molecule has 0 heterocycles. The van der Waals surface area contributed by atoms with Crippen LogP contribution in [0.4, 0.5) is 0 Å². The first-order valence-electron chi connectivity index (χ1n) is 14.2. The molecule has 0 spiro atoms. The number of fused-ring (bicyclic) bond motifs is 1. The number of benzene rings is 1. The minimum atomic E-state index is -0.0832. The highest BCUT2D eigenvalue weighted by molar-refractivity contribution is 6.00. The number of carbonyl (C=O) groups is 3. The second kappa shape index (κ2) is 13.5. The maximum absolute atomic E-state index is 13.5. The number of hydrogen-bond acceptors (Lipinski definition) is 3. The molecule has 1 aromatic carbocycles. The van der Waals surface area contributed by atoms with Crippen molar-refractivity contribution in [1.82, 2.24) is 0 Å². The van der Waals surface area contributed by atoms with E-state index >= 15 is 0 Å². The monoisotopic (exact) mass is 494 g/mol. The molecule has 0 aromatic heterocycles. The minimum absolute atomic E-state index is 0.0307. The zero-order chi connectivity index (χ0) is 27.0. The van der Waals surface area contributed by atoms with Gasteiger partial charge in [0.05, 0.1) is 6.42 Å². The summed E-state index contributed by atoms with van der Waals surface area (Å²) < 4.78 is 0. The highest BCUT2D eigenvalue weighted by Crippen LogP contribution is 2.40. The van der Waals surface area contributed by atoms with Gasteiger partial charge in [-0.15, -0.1) is 6.58 Å². The molecule has 0 bridgehead atoms. The molecule has 36 heavy (non-hydrogen) atoms. The normalized spacial score (nSPS) is 17.4. The van der Waals surface area contributed by atoms with Crippen molar-refractivity contribution in [3.8, 4) is 0 Å². The van der Waals surface area contributed by atoms with Crippen LogP contribution in [0.5, 0.6) is 0 Å².